The van der Waals surface area contributed by atoms with Crippen LogP contribution in [0.5, 0.6) is 0 Å². The number of aromatic nitrogens is 3. The first-order chi connectivity index (χ1) is 64.2. The Hall–Kier alpha value is -14.0. The number of halogens is 3. The van der Waals surface area contributed by atoms with Gasteiger partial charge >= 0.3 is 6.18 Å². The molecule has 0 saturated heterocycles. The van der Waals surface area contributed by atoms with E-state index in [0.29, 0.717) is 55.8 Å². The van der Waals surface area contributed by atoms with Crippen molar-refractivity contribution in [2.24, 2.45) is 17.8 Å². The van der Waals surface area contributed by atoms with Crippen molar-refractivity contribution in [3.05, 3.63) is 355 Å². The fourth-order valence-electron chi connectivity index (χ4n) is 14.6. The molecule has 0 bridgehead atoms. The van der Waals surface area contributed by atoms with Gasteiger partial charge in [-0.25, -0.2) is 53.9 Å². The van der Waals surface area contributed by atoms with E-state index in [9.17, 15) is 68.4 Å². The van der Waals surface area contributed by atoms with Crippen molar-refractivity contribution in [3.8, 4) is 10.6 Å². The van der Waals surface area contributed by atoms with E-state index in [1.54, 1.807) is 192 Å². The first-order valence-corrected chi connectivity index (χ1v) is 46.8. The second-order valence-electron chi connectivity index (χ2n) is 32.7. The van der Waals surface area contributed by atoms with Crippen LogP contribution >= 0.6 is 11.3 Å². The van der Waals surface area contributed by atoms with Gasteiger partial charge in [-0.15, -0.1) is 11.3 Å². The predicted octanol–water partition coefficient (Wildman–Crippen LogP) is 17.8. The number of aromatic amines is 1. The van der Waals surface area contributed by atoms with Gasteiger partial charge in [0.2, 0.25) is 15.9 Å². The van der Waals surface area contributed by atoms with Gasteiger partial charge in [0.25, 0.3) is 41.4 Å². The molecule has 0 aliphatic heterocycles. The molecule has 29 nitrogen and oxygen atoms in total. The first kappa shape index (κ1) is 105. The highest BCUT2D eigenvalue weighted by molar-refractivity contribution is 7.91. The molecule has 708 valence electrons. The zero-order valence-corrected chi connectivity index (χ0v) is 78.1. The third-order valence-corrected chi connectivity index (χ3v) is 26.1. The maximum absolute atomic E-state index is 13.0. The lowest BCUT2D eigenvalue weighted by atomic mass is 9.94. The van der Waals surface area contributed by atoms with Gasteiger partial charge in [0.15, 0.2) is 9.84 Å². The molecule has 3 aromatic heterocycles. The Balaban J connectivity index is 0.000000189. The molecule has 0 fully saturated rings. The fraction of sp³-hybridized carbons (Fsp3) is 0.240. The fourth-order valence-corrected chi connectivity index (χ4v) is 18.5. The molecular weight excluding hydrogens is 1790 g/mol. The van der Waals surface area contributed by atoms with Gasteiger partial charge in [-0.3, -0.25) is 69.4 Å². The lowest BCUT2D eigenvalue weighted by Gasteiger charge is -2.23. The van der Waals surface area contributed by atoms with Crippen LogP contribution < -0.4 is 48.1 Å². The van der Waals surface area contributed by atoms with E-state index >= 15 is 0 Å². The number of nitrogens with one attached hydrogen (secondary N) is 10. The third-order valence-electron chi connectivity index (χ3n) is 21.8. The van der Waals surface area contributed by atoms with Crippen LogP contribution in [0.4, 0.5) is 13.2 Å². The van der Waals surface area contributed by atoms with Gasteiger partial charge in [0, 0.05) is 90.1 Å². The lowest BCUT2D eigenvalue weighted by Crippen LogP contribution is -2.33. The number of aryl methyl sites for hydroxylation is 3. The molecule has 13 aromatic rings. The number of pyridine rings is 1. The number of alkyl halides is 3. The number of para-hydroxylation sites is 1. The number of fused-ring (bicyclic) bond motifs is 2. The number of hydrogen-bond acceptors (Lipinski definition) is 20. The average molecular weight is 1900 g/mol. The Morgan fingerprint density at radius 3 is 1.38 bits per heavy atom. The summed E-state index contributed by atoms with van der Waals surface area (Å²) >= 11 is 1.43. The largest absolute Gasteiger partial charge is 0.416 e. The Morgan fingerprint density at radius 1 is 0.459 bits per heavy atom. The van der Waals surface area contributed by atoms with Crippen LogP contribution in [0.15, 0.2) is 270 Å². The Morgan fingerprint density at radius 2 is 0.911 bits per heavy atom. The number of hydrogen-bond donors (Lipinski definition) is 15. The Bertz CT molecular complexity index is 6490. The van der Waals surface area contributed by atoms with Crippen LogP contribution in [-0.2, 0) is 37.3 Å². The van der Waals surface area contributed by atoms with Crippen molar-refractivity contribution in [3.63, 3.8) is 0 Å². The second-order valence-corrected chi connectivity index (χ2v) is 37.3. The van der Waals surface area contributed by atoms with Crippen molar-refractivity contribution in [2.75, 3.05) is 5.75 Å². The molecule has 5 atom stereocenters. The van der Waals surface area contributed by atoms with Crippen molar-refractivity contribution in [1.29, 1.82) is 0 Å². The molecule has 10 aromatic carbocycles. The minimum Gasteiger partial charge on any atom is -0.358 e. The molecular formula is C100H107F3N12O17S3. The van der Waals surface area contributed by atoms with Crippen LogP contribution in [0.25, 0.3) is 32.2 Å². The van der Waals surface area contributed by atoms with Gasteiger partial charge in [-0.2, -0.15) is 13.2 Å². The van der Waals surface area contributed by atoms with Crippen molar-refractivity contribution >= 4 is 100 Å². The van der Waals surface area contributed by atoms with E-state index in [0.717, 1.165) is 85.3 Å². The van der Waals surface area contributed by atoms with Crippen molar-refractivity contribution in [1.82, 2.24) is 63.0 Å². The number of H-pyrrole nitrogens is 1. The number of amides is 8. The Kier molecular flexibility index (Phi) is 37.7. The third kappa shape index (κ3) is 29.0. The quantitative estimate of drug-likeness (QED) is 0.0153. The minimum absolute atomic E-state index is 0.0233. The number of rotatable bonds is 29. The molecule has 135 heavy (non-hydrogen) atoms. The SMILES string of the molecule is CC(C)C(NC(=O)c1csc(-c2ccccc2)n1)c1ccc(C(=O)NO)cc1.CC(NS(=O)(=O)c1cccc2cnccc12)c1ccc(C(=O)NO)cc1.CCC[C@@H](CS(=O)(=O)c1ccc(C)cc1)c1ccc(C(=O)NO)cc1.Cc1[nH]c2ccccc2c1CC(=O)NC(c1ccc(C(=O)NO)cc1)C(C)C.Cc1cc(C(=O)NC(c2ccc(C(=O)NO)cc2)C(C)C)cc(C(F)(F)F)c1. The summed E-state index contributed by atoms with van der Waals surface area (Å²) in [7, 11) is -7.16. The predicted molar refractivity (Wildman–Crippen MR) is 506 cm³/mol. The van der Waals surface area contributed by atoms with Gasteiger partial charge in [0.1, 0.15) is 10.7 Å². The highest BCUT2D eigenvalue weighted by atomic mass is 32.2. The molecule has 0 spiro atoms. The topological polar surface area (TPSA) is 456 Å². The molecule has 3 heterocycles. The van der Waals surface area contributed by atoms with Crippen LogP contribution in [0.3, 0.4) is 0 Å². The number of sulfone groups is 1. The van der Waals surface area contributed by atoms with Crippen LogP contribution in [-0.4, -0.2) is 111 Å². The summed E-state index contributed by atoms with van der Waals surface area (Å²) in [5.41, 5.74) is 18.2. The molecule has 15 N–H and O–H groups in total. The lowest BCUT2D eigenvalue weighted by molar-refractivity contribution is -0.137. The molecule has 8 amide bonds. The van der Waals surface area contributed by atoms with Crippen LogP contribution in [0.2, 0.25) is 0 Å². The molecule has 0 aliphatic rings. The number of benzene rings is 10. The van der Waals surface area contributed by atoms with Gasteiger partial charge in [-0.05, 0) is 206 Å². The zero-order valence-electron chi connectivity index (χ0n) is 75.7. The molecule has 35 heteroatoms. The first-order valence-electron chi connectivity index (χ1n) is 42.8. The van der Waals surface area contributed by atoms with E-state index in [2.05, 4.69) is 35.6 Å². The van der Waals surface area contributed by atoms with Gasteiger partial charge in [-0.1, -0.05) is 194 Å². The summed E-state index contributed by atoms with van der Waals surface area (Å²) < 4.78 is 92.8. The normalized spacial score (nSPS) is 12.4. The standard InChI is InChI=1S/C22H25N3O3.C21H21N3O3S.C20H21F3N2O3.C19H23NO4S.C18H17N3O4S/c1-13(2)21(15-8-10-16(11-9-15)22(27)25-28)24-20(26)12-18-14(3)23-19-7-5-4-6-17(18)19;1-13(2)18(14-8-10-15(11-9-14)19(25)24-27)23-20(26)17-12-28-21(22-17)16-6-4-3-5-7-16;1-11(2)17(13-4-6-14(7-5-13)19(27)25-28)24-18(26)15-8-12(3)9-16(10-15)20(21,22)23;1-3-4-17(15-7-9-16(10-8-15)19(21)20-22)13-25(23,24)18-11-5-14(2)6-12-18;1-12(13-5-7-14(8-6-13)18(22)20-23)21-26(24,25)17-4-2-3-15-11-19-10-9-16(15)17/h4-11,13,21,23,28H,12H2,1-3H3,(H,24,26)(H,25,27);3-13,18,27H,1-2H3,(H,23,26)(H,24,25);4-11,17,28H,1-3H3,(H,24,26)(H,25,27);5-12,17,22H,3-4,13H2,1-2H3,(H,20,21);2-12,21,23H,1H3,(H,20,22)/t;;;17-;/m...0./s1. The molecule has 13 rings (SSSR count). The zero-order chi connectivity index (χ0) is 98.6. The number of sulfonamides is 1. The highest BCUT2D eigenvalue weighted by Gasteiger charge is 2.33. The van der Waals surface area contributed by atoms with Crippen molar-refractivity contribution < 1.29 is 94.4 Å². The van der Waals surface area contributed by atoms with Crippen molar-refractivity contribution in [2.45, 2.75) is 141 Å². The molecule has 0 saturated carbocycles. The minimum atomic E-state index is -4.54. The maximum atomic E-state index is 13.0. The van der Waals surface area contributed by atoms with Crippen LogP contribution in [0.1, 0.15) is 227 Å². The van der Waals surface area contributed by atoms with E-state index in [1.807, 2.05) is 117 Å². The molecule has 0 radical (unpaired) electrons. The maximum Gasteiger partial charge on any atom is 0.416 e. The summed E-state index contributed by atoms with van der Waals surface area (Å²) in [6.45, 7) is 20.9. The smallest absolute Gasteiger partial charge is 0.358 e. The second kappa shape index (κ2) is 48.6. The van der Waals surface area contributed by atoms with Gasteiger partial charge < -0.3 is 20.9 Å². The van der Waals surface area contributed by atoms with Crippen LogP contribution in [0, 0.1) is 38.5 Å². The summed E-state index contributed by atoms with van der Waals surface area (Å²) in [5, 5.41) is 57.3. The summed E-state index contributed by atoms with van der Waals surface area (Å²) in [6, 6.07) is 65.8. The molecule has 4 unspecified atom stereocenters. The number of thiazole rings is 1. The van der Waals surface area contributed by atoms with E-state index < -0.39 is 79.1 Å². The van der Waals surface area contributed by atoms with Gasteiger partial charge in [0.05, 0.1) is 45.7 Å². The summed E-state index contributed by atoms with van der Waals surface area (Å²) in [4.78, 5) is 108. The number of hydroxylamine groups is 5. The number of carbonyl (C=O) groups excluding carboxylic acids is 8. The van der Waals surface area contributed by atoms with E-state index in [1.165, 1.54) is 54.1 Å². The number of nitrogens with zero attached hydrogens (tertiary/aromatic N) is 2. The van der Waals surface area contributed by atoms with E-state index in [-0.39, 0.29) is 74.9 Å². The summed E-state index contributed by atoms with van der Waals surface area (Å²) in [5.74, 6) is -3.83. The average Bonchev–Trinajstić information content (AvgIpc) is 1.46. The monoisotopic (exact) mass is 1900 g/mol. The molecule has 0 aliphatic carbocycles. The Labute approximate surface area is 783 Å². The van der Waals surface area contributed by atoms with E-state index in [4.69, 9.17) is 26.0 Å². The summed E-state index contributed by atoms with van der Waals surface area (Å²) in [6.07, 6.45) is 0.508. The highest BCUT2D eigenvalue weighted by Crippen LogP contribution is 2.35. The number of carbonyl (C=O) groups is 8.